The van der Waals surface area contributed by atoms with E-state index < -0.39 is 0 Å². The Morgan fingerprint density at radius 3 is 2.87 bits per heavy atom. The van der Waals surface area contributed by atoms with Gasteiger partial charge in [-0.1, -0.05) is 12.8 Å². The van der Waals surface area contributed by atoms with Crippen molar-refractivity contribution < 1.29 is 9.21 Å². The predicted molar refractivity (Wildman–Crippen MR) is 88.1 cm³/mol. The molecule has 1 saturated carbocycles. The van der Waals surface area contributed by atoms with Gasteiger partial charge in [0.25, 0.3) is 0 Å². The van der Waals surface area contributed by atoms with Crippen LogP contribution >= 0.6 is 0 Å². The Morgan fingerprint density at radius 2 is 2.17 bits per heavy atom. The number of carbonyl (C=O) groups is 1. The number of nitrogens with zero attached hydrogens (tertiary/aromatic N) is 3. The van der Waals surface area contributed by atoms with E-state index in [1.54, 1.807) is 6.20 Å². The molecule has 0 radical (unpaired) electrons. The molecule has 0 unspecified atom stereocenters. The lowest BCUT2D eigenvalue weighted by atomic mass is 10.2. The highest BCUT2D eigenvalue weighted by atomic mass is 16.3. The minimum atomic E-state index is -0.0319. The normalized spacial score (nSPS) is 15.4. The van der Waals surface area contributed by atoms with Crippen LogP contribution in [0.5, 0.6) is 0 Å². The number of carbonyl (C=O) groups excluding carboxylic acids is 1. The lowest BCUT2D eigenvalue weighted by molar-refractivity contribution is -0.117. The van der Waals surface area contributed by atoms with Crippen molar-refractivity contribution in [1.82, 2.24) is 14.7 Å². The molecule has 2 aromatic rings. The summed E-state index contributed by atoms with van der Waals surface area (Å²) in [4.78, 5) is 14.2. The largest absolute Gasteiger partial charge is 0.465 e. The molecule has 1 N–H and O–H groups in total. The molecule has 6 nitrogen and oxygen atoms in total. The number of nitrogens with one attached hydrogen (secondary N) is 1. The van der Waals surface area contributed by atoms with Crippen molar-refractivity contribution in [3.63, 3.8) is 0 Å². The summed E-state index contributed by atoms with van der Waals surface area (Å²) >= 11 is 0. The second-order valence-corrected chi connectivity index (χ2v) is 6.33. The standard InChI is InChI=1S/C17H24N4O2/c1-13-7-8-15(23-13)11-20(2)12-17(22)19-16-9-10-18-21(16)14-5-3-4-6-14/h7-10,14H,3-6,11-12H2,1-2H3,(H,19,22). The summed E-state index contributed by atoms with van der Waals surface area (Å²) in [6.07, 6.45) is 6.51. The molecule has 2 aromatic heterocycles. The van der Waals surface area contributed by atoms with Crippen LogP contribution in [0.1, 0.15) is 43.2 Å². The molecule has 1 fully saturated rings. The maximum atomic E-state index is 12.3. The van der Waals surface area contributed by atoms with Crippen molar-refractivity contribution in [2.24, 2.45) is 0 Å². The van der Waals surface area contributed by atoms with Crippen LogP contribution in [0.4, 0.5) is 5.82 Å². The molecule has 1 aliphatic rings. The zero-order valence-electron chi connectivity index (χ0n) is 13.8. The minimum absolute atomic E-state index is 0.0319. The second-order valence-electron chi connectivity index (χ2n) is 6.33. The molecule has 0 bridgehead atoms. The van der Waals surface area contributed by atoms with Gasteiger partial charge >= 0.3 is 0 Å². The van der Waals surface area contributed by atoms with E-state index in [-0.39, 0.29) is 5.91 Å². The van der Waals surface area contributed by atoms with Crippen molar-refractivity contribution in [2.45, 2.75) is 45.2 Å². The maximum Gasteiger partial charge on any atom is 0.239 e. The Labute approximate surface area is 136 Å². The van der Waals surface area contributed by atoms with Gasteiger partial charge in [-0.3, -0.25) is 9.69 Å². The first-order chi connectivity index (χ1) is 11.1. The van der Waals surface area contributed by atoms with Crippen LogP contribution in [-0.2, 0) is 11.3 Å². The summed E-state index contributed by atoms with van der Waals surface area (Å²) in [5.41, 5.74) is 0. The number of aromatic nitrogens is 2. The zero-order chi connectivity index (χ0) is 16.2. The van der Waals surface area contributed by atoms with E-state index in [1.165, 1.54) is 12.8 Å². The first-order valence-corrected chi connectivity index (χ1v) is 8.19. The number of aryl methyl sites for hydroxylation is 1. The van der Waals surface area contributed by atoms with E-state index in [9.17, 15) is 4.79 Å². The molecule has 1 amide bonds. The first-order valence-electron chi connectivity index (χ1n) is 8.19. The SMILES string of the molecule is Cc1ccc(CN(C)CC(=O)Nc2ccnn2C2CCCC2)o1. The third-order valence-electron chi connectivity index (χ3n) is 4.24. The summed E-state index contributed by atoms with van der Waals surface area (Å²) < 4.78 is 7.50. The van der Waals surface area contributed by atoms with Crippen molar-refractivity contribution in [3.8, 4) is 0 Å². The zero-order valence-corrected chi connectivity index (χ0v) is 13.8. The van der Waals surface area contributed by atoms with E-state index in [0.717, 1.165) is 30.2 Å². The van der Waals surface area contributed by atoms with Gasteiger partial charge in [0.2, 0.25) is 5.91 Å². The molecule has 2 heterocycles. The van der Waals surface area contributed by atoms with Crippen LogP contribution in [0.3, 0.4) is 0 Å². The Hall–Kier alpha value is -2.08. The Morgan fingerprint density at radius 1 is 1.39 bits per heavy atom. The van der Waals surface area contributed by atoms with E-state index >= 15 is 0 Å². The summed E-state index contributed by atoms with van der Waals surface area (Å²) in [7, 11) is 1.91. The molecular weight excluding hydrogens is 292 g/mol. The smallest absolute Gasteiger partial charge is 0.239 e. The number of furan rings is 1. The molecule has 0 saturated heterocycles. The average molecular weight is 316 g/mol. The highest BCUT2D eigenvalue weighted by Gasteiger charge is 2.20. The van der Waals surface area contributed by atoms with Crippen molar-refractivity contribution in [1.29, 1.82) is 0 Å². The fraction of sp³-hybridized carbons (Fsp3) is 0.529. The fourth-order valence-electron chi connectivity index (χ4n) is 3.17. The van der Waals surface area contributed by atoms with E-state index in [0.29, 0.717) is 19.1 Å². The molecule has 124 valence electrons. The summed E-state index contributed by atoms with van der Waals surface area (Å²) in [6, 6.07) is 6.16. The quantitative estimate of drug-likeness (QED) is 0.890. The van der Waals surface area contributed by atoms with Crippen molar-refractivity contribution in [2.75, 3.05) is 18.9 Å². The van der Waals surface area contributed by atoms with Crippen LogP contribution in [-0.4, -0.2) is 34.2 Å². The summed E-state index contributed by atoms with van der Waals surface area (Å²) in [5.74, 6) is 2.52. The molecular formula is C17H24N4O2. The van der Waals surface area contributed by atoms with Crippen LogP contribution in [0.2, 0.25) is 0 Å². The second kappa shape index (κ2) is 7.00. The molecule has 0 aromatic carbocycles. The number of rotatable bonds is 6. The first kappa shape index (κ1) is 15.8. The molecule has 23 heavy (non-hydrogen) atoms. The number of likely N-dealkylation sites (N-methyl/N-ethyl adjacent to an activating group) is 1. The van der Waals surface area contributed by atoms with E-state index in [2.05, 4.69) is 10.4 Å². The highest BCUT2D eigenvalue weighted by molar-refractivity contribution is 5.91. The number of hydrogen-bond acceptors (Lipinski definition) is 4. The summed E-state index contributed by atoms with van der Waals surface area (Å²) in [5, 5.41) is 7.35. The van der Waals surface area contributed by atoms with Crippen LogP contribution in [0.15, 0.2) is 28.8 Å². The van der Waals surface area contributed by atoms with Crippen molar-refractivity contribution >= 4 is 11.7 Å². The molecule has 0 atom stereocenters. The monoisotopic (exact) mass is 316 g/mol. The van der Waals surface area contributed by atoms with Gasteiger partial charge in [0.1, 0.15) is 17.3 Å². The number of anilines is 1. The van der Waals surface area contributed by atoms with E-state index in [4.69, 9.17) is 4.42 Å². The minimum Gasteiger partial charge on any atom is -0.465 e. The van der Waals surface area contributed by atoms with Crippen LogP contribution < -0.4 is 5.32 Å². The third-order valence-corrected chi connectivity index (χ3v) is 4.24. The molecule has 1 aliphatic carbocycles. The van der Waals surface area contributed by atoms with E-state index in [1.807, 2.05) is 41.8 Å². The van der Waals surface area contributed by atoms with Crippen molar-refractivity contribution in [3.05, 3.63) is 35.9 Å². The predicted octanol–water partition coefficient (Wildman–Crippen LogP) is 2.97. The van der Waals surface area contributed by atoms with Gasteiger partial charge < -0.3 is 9.73 Å². The molecule has 0 spiro atoms. The lowest BCUT2D eigenvalue weighted by Crippen LogP contribution is -2.30. The topological polar surface area (TPSA) is 63.3 Å². The van der Waals surface area contributed by atoms with Gasteiger partial charge in [0, 0.05) is 6.07 Å². The number of amides is 1. The molecule has 0 aliphatic heterocycles. The van der Waals surface area contributed by atoms with Gasteiger partial charge in [-0.2, -0.15) is 5.10 Å². The Kier molecular flexibility index (Phi) is 4.81. The van der Waals surface area contributed by atoms with Gasteiger partial charge in [0.05, 0.1) is 25.3 Å². The average Bonchev–Trinajstić information content (AvgIpc) is 3.20. The van der Waals surface area contributed by atoms with Gasteiger partial charge in [-0.05, 0) is 38.9 Å². The fourth-order valence-corrected chi connectivity index (χ4v) is 3.17. The van der Waals surface area contributed by atoms with Gasteiger partial charge in [0.15, 0.2) is 0 Å². The summed E-state index contributed by atoms with van der Waals surface area (Å²) in [6.45, 7) is 2.85. The Balaban J connectivity index is 1.54. The Bertz CT molecular complexity index is 655. The third kappa shape index (κ3) is 4.01. The van der Waals surface area contributed by atoms with Gasteiger partial charge in [-0.25, -0.2) is 4.68 Å². The maximum absolute atomic E-state index is 12.3. The molecule has 6 heteroatoms. The molecule has 3 rings (SSSR count). The number of hydrogen-bond donors (Lipinski definition) is 1. The lowest BCUT2D eigenvalue weighted by Gasteiger charge is -2.17. The highest BCUT2D eigenvalue weighted by Crippen LogP contribution is 2.31. The van der Waals surface area contributed by atoms with Crippen LogP contribution in [0, 0.1) is 6.92 Å². The van der Waals surface area contributed by atoms with Gasteiger partial charge in [-0.15, -0.1) is 0 Å². The van der Waals surface area contributed by atoms with Crippen LogP contribution in [0.25, 0.3) is 0 Å².